The van der Waals surface area contributed by atoms with Crippen LogP contribution in [0.4, 0.5) is 17.6 Å². The van der Waals surface area contributed by atoms with Gasteiger partial charge in [0.2, 0.25) is 11.9 Å². The fraction of sp³-hybridized carbons (Fsp3) is 0.158. The van der Waals surface area contributed by atoms with Gasteiger partial charge in [-0.25, -0.2) is 12.7 Å². The lowest BCUT2D eigenvalue weighted by molar-refractivity contribution is 0.0862. The first-order valence-corrected chi connectivity index (χ1v) is 10.4. The van der Waals surface area contributed by atoms with Gasteiger partial charge in [0.05, 0.1) is 12.1 Å². The van der Waals surface area contributed by atoms with Gasteiger partial charge in [-0.15, -0.1) is 0 Å². The zero-order chi connectivity index (χ0) is 20.6. The number of aryl methyl sites for hydroxylation is 1. The highest BCUT2D eigenvalue weighted by atomic mass is 32.2. The predicted octanol–water partition coefficient (Wildman–Crippen LogP) is 2.10. The number of aromatic nitrogens is 3. The van der Waals surface area contributed by atoms with E-state index in [0.717, 1.165) is 22.0 Å². The van der Waals surface area contributed by atoms with Gasteiger partial charge in [0, 0.05) is 5.69 Å². The van der Waals surface area contributed by atoms with Gasteiger partial charge in [0.1, 0.15) is 4.90 Å². The lowest BCUT2D eigenvalue weighted by atomic mass is 10.1. The first kappa shape index (κ1) is 18.8. The molecular weight excluding hydrogens is 392 g/mol. The molecule has 1 aliphatic heterocycles. The van der Waals surface area contributed by atoms with Crippen LogP contribution in [0.25, 0.3) is 0 Å². The third kappa shape index (κ3) is 3.38. The van der Waals surface area contributed by atoms with Gasteiger partial charge < -0.3 is 11.1 Å². The predicted molar refractivity (Wildman–Crippen MR) is 107 cm³/mol. The fourth-order valence-electron chi connectivity index (χ4n) is 3.15. The monoisotopic (exact) mass is 410 g/mol. The Morgan fingerprint density at radius 3 is 2.52 bits per heavy atom. The van der Waals surface area contributed by atoms with Gasteiger partial charge in [-0.1, -0.05) is 37.3 Å². The number of anilines is 3. The number of carbonyl (C=O) groups excluding carboxylic acids is 1. The molecule has 1 aromatic heterocycles. The van der Waals surface area contributed by atoms with E-state index >= 15 is 0 Å². The maximum absolute atomic E-state index is 12.7. The summed E-state index contributed by atoms with van der Waals surface area (Å²) in [5, 5.41) is 3.08. The quantitative estimate of drug-likeness (QED) is 0.654. The van der Waals surface area contributed by atoms with E-state index in [1.807, 2.05) is 31.2 Å². The van der Waals surface area contributed by atoms with E-state index in [1.165, 1.54) is 12.1 Å². The van der Waals surface area contributed by atoms with E-state index in [2.05, 4.69) is 20.3 Å². The lowest BCUT2D eigenvalue weighted by Crippen LogP contribution is -2.30. The molecule has 0 spiro atoms. The van der Waals surface area contributed by atoms with Crippen LogP contribution >= 0.6 is 0 Å². The summed E-state index contributed by atoms with van der Waals surface area (Å²) in [6, 6.07) is 13.7. The minimum absolute atomic E-state index is 0.0257. The number of benzene rings is 2. The summed E-state index contributed by atoms with van der Waals surface area (Å²) >= 11 is 0. The van der Waals surface area contributed by atoms with Crippen LogP contribution in [0.3, 0.4) is 0 Å². The van der Waals surface area contributed by atoms with Crippen LogP contribution in [0.15, 0.2) is 53.4 Å². The third-order valence-electron chi connectivity index (χ3n) is 4.54. The maximum Gasteiger partial charge on any atom is 0.269 e. The minimum atomic E-state index is -3.97. The second-order valence-electron chi connectivity index (χ2n) is 6.38. The molecule has 0 atom stereocenters. The van der Waals surface area contributed by atoms with Crippen molar-refractivity contribution in [2.24, 2.45) is 0 Å². The Morgan fingerprint density at radius 2 is 1.76 bits per heavy atom. The molecule has 148 valence electrons. The van der Waals surface area contributed by atoms with Crippen molar-refractivity contribution in [1.29, 1.82) is 0 Å². The van der Waals surface area contributed by atoms with E-state index in [4.69, 9.17) is 5.73 Å². The highest BCUT2D eigenvalue weighted by Crippen LogP contribution is 2.31. The summed E-state index contributed by atoms with van der Waals surface area (Å²) in [4.78, 5) is 24.9. The molecule has 4 rings (SSSR count). The summed E-state index contributed by atoms with van der Waals surface area (Å²) in [6.07, 6.45) is 0.801. The molecule has 1 aliphatic rings. The standard InChI is InChI=1S/C19H18N6O3S/c1-2-12-7-3-5-9-14(12)21-19-23-16(22-18(20)24-19)11-25-17(26)13-8-4-6-10-15(13)29(25,27)28/h3-10H,2,11H2,1H3,(H3,20,21,22,23,24). The SMILES string of the molecule is CCc1ccccc1Nc1nc(N)nc(CN2C(=O)c3ccccc3S2(=O)=O)n1. The molecule has 29 heavy (non-hydrogen) atoms. The molecule has 0 bridgehead atoms. The molecule has 0 fully saturated rings. The van der Waals surface area contributed by atoms with E-state index in [9.17, 15) is 13.2 Å². The average Bonchev–Trinajstić information content (AvgIpc) is 2.89. The Balaban J connectivity index is 1.65. The first-order valence-electron chi connectivity index (χ1n) is 8.91. The summed E-state index contributed by atoms with van der Waals surface area (Å²) in [5.41, 5.74) is 7.78. The molecule has 2 heterocycles. The van der Waals surface area contributed by atoms with Crippen molar-refractivity contribution in [2.75, 3.05) is 11.1 Å². The molecule has 0 unspecified atom stereocenters. The van der Waals surface area contributed by atoms with E-state index in [1.54, 1.807) is 12.1 Å². The van der Waals surface area contributed by atoms with Gasteiger partial charge in [-0.3, -0.25) is 4.79 Å². The number of amides is 1. The van der Waals surface area contributed by atoms with Crippen LogP contribution in [0, 0.1) is 0 Å². The summed E-state index contributed by atoms with van der Waals surface area (Å²) in [5.74, 6) is -0.452. The van der Waals surface area contributed by atoms with Crippen molar-refractivity contribution in [3.05, 3.63) is 65.5 Å². The number of rotatable bonds is 5. The molecule has 9 nitrogen and oxygen atoms in total. The van der Waals surface area contributed by atoms with Gasteiger partial charge in [0.25, 0.3) is 15.9 Å². The number of nitrogen functional groups attached to an aromatic ring is 1. The Hall–Kier alpha value is -3.53. The minimum Gasteiger partial charge on any atom is -0.368 e. The van der Waals surface area contributed by atoms with Crippen LogP contribution < -0.4 is 11.1 Å². The van der Waals surface area contributed by atoms with E-state index < -0.39 is 15.9 Å². The number of sulfonamides is 1. The first-order chi connectivity index (χ1) is 13.9. The number of nitrogens with one attached hydrogen (secondary N) is 1. The van der Waals surface area contributed by atoms with Crippen molar-refractivity contribution in [2.45, 2.75) is 24.8 Å². The molecule has 10 heteroatoms. The fourth-order valence-corrected chi connectivity index (χ4v) is 4.67. The van der Waals surface area contributed by atoms with Crippen LogP contribution in [0.2, 0.25) is 0 Å². The van der Waals surface area contributed by atoms with Crippen molar-refractivity contribution in [3.63, 3.8) is 0 Å². The Morgan fingerprint density at radius 1 is 1.03 bits per heavy atom. The number of carbonyl (C=O) groups is 1. The van der Waals surface area contributed by atoms with E-state index in [-0.39, 0.29) is 34.7 Å². The van der Waals surface area contributed by atoms with Crippen LogP contribution in [0.1, 0.15) is 28.7 Å². The van der Waals surface area contributed by atoms with Gasteiger partial charge >= 0.3 is 0 Å². The topological polar surface area (TPSA) is 131 Å². The zero-order valence-electron chi connectivity index (χ0n) is 15.5. The van der Waals surface area contributed by atoms with Crippen LogP contribution in [-0.4, -0.2) is 33.6 Å². The maximum atomic E-state index is 12.7. The molecule has 3 N–H and O–H groups in total. The molecule has 0 radical (unpaired) electrons. The van der Waals surface area contributed by atoms with Gasteiger partial charge in [-0.05, 0) is 30.2 Å². The second-order valence-corrected chi connectivity index (χ2v) is 8.21. The molecule has 0 saturated heterocycles. The van der Waals surface area contributed by atoms with Gasteiger partial charge in [0.15, 0.2) is 5.82 Å². The van der Waals surface area contributed by atoms with Crippen molar-refractivity contribution >= 4 is 33.5 Å². The molecule has 0 saturated carbocycles. The number of fused-ring (bicyclic) bond motifs is 1. The number of para-hydroxylation sites is 1. The number of nitrogens with two attached hydrogens (primary N) is 1. The Bertz CT molecular complexity index is 1210. The Labute approximate surface area is 167 Å². The Kier molecular flexibility index (Phi) is 4.63. The van der Waals surface area contributed by atoms with Crippen molar-refractivity contribution in [3.8, 4) is 0 Å². The van der Waals surface area contributed by atoms with Crippen molar-refractivity contribution < 1.29 is 13.2 Å². The normalized spacial score (nSPS) is 14.7. The van der Waals surface area contributed by atoms with Gasteiger partial charge in [-0.2, -0.15) is 15.0 Å². The van der Waals surface area contributed by atoms with Crippen LogP contribution in [-0.2, 0) is 23.0 Å². The second kappa shape index (κ2) is 7.13. The highest BCUT2D eigenvalue weighted by molar-refractivity contribution is 7.90. The highest BCUT2D eigenvalue weighted by Gasteiger charge is 2.41. The summed E-state index contributed by atoms with van der Waals surface area (Å²) in [7, 11) is -3.97. The number of hydrogen-bond acceptors (Lipinski definition) is 8. The number of hydrogen-bond donors (Lipinski definition) is 2. The molecule has 2 aromatic carbocycles. The molecule has 1 amide bonds. The van der Waals surface area contributed by atoms with Crippen LogP contribution in [0.5, 0.6) is 0 Å². The molecule has 3 aromatic rings. The van der Waals surface area contributed by atoms with E-state index in [0.29, 0.717) is 0 Å². The number of nitrogens with zero attached hydrogens (tertiary/aromatic N) is 4. The average molecular weight is 410 g/mol. The zero-order valence-corrected chi connectivity index (χ0v) is 16.3. The third-order valence-corrected chi connectivity index (χ3v) is 6.33. The van der Waals surface area contributed by atoms with Crippen molar-refractivity contribution in [1.82, 2.24) is 19.3 Å². The smallest absolute Gasteiger partial charge is 0.269 e. The molecule has 0 aliphatic carbocycles. The molecular formula is C19H18N6O3S. The lowest BCUT2D eigenvalue weighted by Gasteiger charge is -2.15. The largest absolute Gasteiger partial charge is 0.368 e. The summed E-state index contributed by atoms with van der Waals surface area (Å²) < 4.78 is 26.2. The summed E-state index contributed by atoms with van der Waals surface area (Å²) in [6.45, 7) is 1.68.